The van der Waals surface area contributed by atoms with E-state index >= 15 is 0 Å². The molecule has 8 nitrogen and oxygen atoms in total. The number of rotatable bonds is 7. The second kappa shape index (κ2) is 6.69. The van der Waals surface area contributed by atoms with Gasteiger partial charge in [-0.3, -0.25) is 10.1 Å². The first-order chi connectivity index (χ1) is 9.49. The fraction of sp³-hybridized carbons (Fsp3) is 0.500. The summed E-state index contributed by atoms with van der Waals surface area (Å²) in [6.45, 7) is 1.31. The van der Waals surface area contributed by atoms with Gasteiger partial charge in [-0.25, -0.2) is 0 Å². The quantitative estimate of drug-likeness (QED) is 0.432. The Morgan fingerprint density at radius 2 is 1.60 bits per heavy atom. The zero-order valence-corrected chi connectivity index (χ0v) is 11.7. The van der Waals surface area contributed by atoms with Crippen molar-refractivity contribution in [1.29, 1.82) is 0 Å². The second-order valence-corrected chi connectivity index (χ2v) is 4.03. The van der Waals surface area contributed by atoms with E-state index in [0.717, 1.165) is 0 Å². The molecule has 0 aliphatic rings. The van der Waals surface area contributed by atoms with Crippen LogP contribution in [0, 0.1) is 15.0 Å². The molecule has 0 amide bonds. The van der Waals surface area contributed by atoms with Gasteiger partial charge in [-0.1, -0.05) is 5.18 Å². The molecule has 0 spiro atoms. The normalized spacial score (nSPS) is 13.2. The van der Waals surface area contributed by atoms with Gasteiger partial charge in [0.05, 0.1) is 21.3 Å². The Bertz CT molecular complexity index is 505. The molecular formula is C12H16N2O6. The lowest BCUT2D eigenvalue weighted by Gasteiger charge is -2.17. The number of nitro groups is 1. The van der Waals surface area contributed by atoms with Crippen LogP contribution in [-0.4, -0.2) is 32.3 Å². The predicted molar refractivity (Wildman–Crippen MR) is 71.1 cm³/mol. The molecule has 2 atom stereocenters. The van der Waals surface area contributed by atoms with Crippen molar-refractivity contribution in [2.75, 3.05) is 21.3 Å². The Morgan fingerprint density at radius 1 is 1.10 bits per heavy atom. The molecule has 8 heteroatoms. The average Bonchev–Trinajstić information content (AvgIpc) is 2.46. The third-order valence-electron chi connectivity index (χ3n) is 2.96. The van der Waals surface area contributed by atoms with E-state index < -0.39 is 17.0 Å². The van der Waals surface area contributed by atoms with E-state index in [-0.39, 0.29) is 11.3 Å². The zero-order chi connectivity index (χ0) is 15.3. The molecular weight excluding hydrogens is 268 g/mol. The van der Waals surface area contributed by atoms with Crippen LogP contribution in [0.4, 0.5) is 0 Å². The number of nitrogens with zero attached hydrogens (tertiary/aromatic N) is 2. The predicted octanol–water partition coefficient (Wildman–Crippen LogP) is 2.19. The minimum absolute atomic E-state index is 0.279. The number of ether oxygens (including phenoxy) is 3. The van der Waals surface area contributed by atoms with Gasteiger partial charge in [-0.2, -0.15) is 0 Å². The minimum Gasteiger partial charge on any atom is -0.496 e. The standard InChI is InChI=1S/C12H16N2O6/c1-7(14(16)17)12(13-15)8-5-10(19-3)11(20-4)6-9(8)18-2/h5-7,12H,1-4H3. The average molecular weight is 284 g/mol. The maximum absolute atomic E-state index is 11.0. The largest absolute Gasteiger partial charge is 0.496 e. The van der Waals surface area contributed by atoms with Crippen molar-refractivity contribution < 1.29 is 19.1 Å². The molecule has 0 aliphatic heterocycles. The summed E-state index contributed by atoms with van der Waals surface area (Å²) in [5.74, 6) is 1.01. The van der Waals surface area contributed by atoms with Gasteiger partial charge < -0.3 is 14.2 Å². The third-order valence-corrected chi connectivity index (χ3v) is 2.96. The van der Waals surface area contributed by atoms with Crippen molar-refractivity contribution in [3.05, 3.63) is 32.7 Å². The van der Waals surface area contributed by atoms with Crippen LogP contribution >= 0.6 is 0 Å². The molecule has 0 aromatic heterocycles. The molecule has 0 N–H and O–H groups in total. The van der Waals surface area contributed by atoms with Gasteiger partial charge in [0.2, 0.25) is 6.04 Å². The summed E-state index contributed by atoms with van der Waals surface area (Å²) in [6, 6.07) is 0.599. The van der Waals surface area contributed by atoms with E-state index in [1.807, 2.05) is 0 Å². The van der Waals surface area contributed by atoms with Crippen LogP contribution in [0.5, 0.6) is 17.2 Å². The Kier molecular flexibility index (Phi) is 5.24. The number of nitroso groups, excluding NO2 is 1. The second-order valence-electron chi connectivity index (χ2n) is 4.03. The lowest BCUT2D eigenvalue weighted by atomic mass is 10.00. The SMILES string of the molecule is COc1cc(OC)c(C(N=O)C(C)[N+](=O)[O-])cc1OC. The summed E-state index contributed by atoms with van der Waals surface area (Å²) in [5.41, 5.74) is 0.282. The molecule has 2 unspecified atom stereocenters. The van der Waals surface area contributed by atoms with Crippen LogP contribution in [0.3, 0.4) is 0 Å². The van der Waals surface area contributed by atoms with E-state index in [2.05, 4.69) is 5.18 Å². The summed E-state index contributed by atoms with van der Waals surface area (Å²) in [5, 5.41) is 13.7. The maximum atomic E-state index is 11.0. The van der Waals surface area contributed by atoms with Crippen molar-refractivity contribution >= 4 is 0 Å². The van der Waals surface area contributed by atoms with Crippen molar-refractivity contribution in [2.45, 2.75) is 19.0 Å². The van der Waals surface area contributed by atoms with E-state index in [0.29, 0.717) is 11.5 Å². The first-order valence-electron chi connectivity index (χ1n) is 5.76. The summed E-state index contributed by atoms with van der Waals surface area (Å²) >= 11 is 0. The molecule has 0 saturated heterocycles. The Hall–Kier alpha value is -2.38. The van der Waals surface area contributed by atoms with Crippen LogP contribution in [0.1, 0.15) is 18.5 Å². The van der Waals surface area contributed by atoms with Crippen LogP contribution in [0.2, 0.25) is 0 Å². The maximum Gasteiger partial charge on any atom is 0.240 e. The number of methoxy groups -OCH3 is 3. The van der Waals surface area contributed by atoms with Gasteiger partial charge in [-0.05, 0) is 6.07 Å². The lowest BCUT2D eigenvalue weighted by Crippen LogP contribution is -2.23. The molecule has 0 bridgehead atoms. The fourth-order valence-corrected chi connectivity index (χ4v) is 1.80. The molecule has 1 aromatic carbocycles. The number of hydrogen-bond acceptors (Lipinski definition) is 7. The van der Waals surface area contributed by atoms with Gasteiger partial charge in [0.25, 0.3) is 0 Å². The first-order valence-corrected chi connectivity index (χ1v) is 5.76. The third kappa shape index (κ3) is 2.95. The van der Waals surface area contributed by atoms with Crippen molar-refractivity contribution in [3.63, 3.8) is 0 Å². The molecule has 110 valence electrons. The first kappa shape index (κ1) is 15.7. The molecule has 0 radical (unpaired) electrons. The molecule has 0 saturated carbocycles. The van der Waals surface area contributed by atoms with Crippen molar-refractivity contribution in [1.82, 2.24) is 0 Å². The van der Waals surface area contributed by atoms with Crippen LogP contribution in [0.15, 0.2) is 17.3 Å². The van der Waals surface area contributed by atoms with Gasteiger partial charge >= 0.3 is 0 Å². The Morgan fingerprint density at radius 3 is 2.00 bits per heavy atom. The molecule has 1 aromatic rings. The molecule has 0 fully saturated rings. The fourth-order valence-electron chi connectivity index (χ4n) is 1.80. The van der Waals surface area contributed by atoms with Crippen LogP contribution in [0.25, 0.3) is 0 Å². The monoisotopic (exact) mass is 284 g/mol. The smallest absolute Gasteiger partial charge is 0.240 e. The molecule has 1 rings (SSSR count). The van der Waals surface area contributed by atoms with Crippen LogP contribution < -0.4 is 14.2 Å². The van der Waals surface area contributed by atoms with Gasteiger partial charge in [0.1, 0.15) is 5.75 Å². The van der Waals surface area contributed by atoms with E-state index in [1.54, 1.807) is 0 Å². The van der Waals surface area contributed by atoms with Crippen molar-refractivity contribution in [3.8, 4) is 17.2 Å². The lowest BCUT2D eigenvalue weighted by molar-refractivity contribution is -0.522. The van der Waals surface area contributed by atoms with Gasteiger partial charge in [0, 0.05) is 23.5 Å². The molecule has 20 heavy (non-hydrogen) atoms. The van der Waals surface area contributed by atoms with E-state index in [4.69, 9.17) is 14.2 Å². The van der Waals surface area contributed by atoms with Gasteiger partial charge in [-0.15, -0.1) is 4.91 Å². The van der Waals surface area contributed by atoms with Gasteiger partial charge in [0.15, 0.2) is 17.5 Å². The topological polar surface area (TPSA) is 100 Å². The van der Waals surface area contributed by atoms with Crippen molar-refractivity contribution in [2.24, 2.45) is 5.18 Å². The highest BCUT2D eigenvalue weighted by atomic mass is 16.6. The Labute approximate surface area is 115 Å². The highest BCUT2D eigenvalue weighted by Gasteiger charge is 2.33. The number of benzene rings is 1. The molecule has 0 heterocycles. The van der Waals surface area contributed by atoms with E-state index in [9.17, 15) is 15.0 Å². The van der Waals surface area contributed by atoms with E-state index in [1.165, 1.54) is 40.4 Å². The summed E-state index contributed by atoms with van der Waals surface area (Å²) in [7, 11) is 4.27. The summed E-state index contributed by atoms with van der Waals surface area (Å²) < 4.78 is 15.4. The summed E-state index contributed by atoms with van der Waals surface area (Å²) in [6.07, 6.45) is 0. The molecule has 0 aliphatic carbocycles. The Balaban J connectivity index is 3.40. The summed E-state index contributed by atoms with van der Waals surface area (Å²) in [4.78, 5) is 21.3. The highest BCUT2D eigenvalue weighted by molar-refractivity contribution is 5.52. The van der Waals surface area contributed by atoms with Crippen LogP contribution in [-0.2, 0) is 0 Å². The minimum atomic E-state index is -1.18. The zero-order valence-electron chi connectivity index (χ0n) is 11.7. The highest BCUT2D eigenvalue weighted by Crippen LogP contribution is 2.39. The number of hydrogen-bond donors (Lipinski definition) is 0.